The van der Waals surface area contributed by atoms with Crippen LogP contribution in [0.2, 0.25) is 0 Å². The van der Waals surface area contributed by atoms with E-state index in [1.165, 1.54) is 0 Å². The maximum Gasteiger partial charge on any atom is 0.254 e. The number of nitrogens with zero attached hydrogens (tertiary/aromatic N) is 5. The largest absolute Gasteiger partial charge is 0.481 e. The van der Waals surface area contributed by atoms with Crippen LogP contribution in [0, 0.1) is 5.41 Å². The third-order valence-corrected chi connectivity index (χ3v) is 7.28. The fraction of sp³-hybridized carbons (Fsp3) is 0.500. The number of likely N-dealkylation sites (tertiary alicyclic amines) is 1. The van der Waals surface area contributed by atoms with Gasteiger partial charge in [0.2, 0.25) is 11.8 Å². The molecule has 5 rings (SSSR count). The van der Waals surface area contributed by atoms with Crippen molar-refractivity contribution in [1.29, 1.82) is 0 Å². The third-order valence-electron chi connectivity index (χ3n) is 7.28. The highest BCUT2D eigenvalue weighted by Gasteiger charge is 2.42. The smallest absolute Gasteiger partial charge is 0.254 e. The van der Waals surface area contributed by atoms with Gasteiger partial charge in [-0.15, -0.1) is 5.10 Å². The fourth-order valence-corrected chi connectivity index (χ4v) is 5.18. The molecule has 1 aromatic carbocycles. The maximum absolute atomic E-state index is 13.6. The number of amides is 2. The van der Waals surface area contributed by atoms with Gasteiger partial charge in [-0.2, -0.15) is 0 Å². The molecule has 4 heterocycles. The molecule has 1 saturated heterocycles. The normalized spacial score (nSPS) is 19.0. The first kappa shape index (κ1) is 24.2. The van der Waals surface area contributed by atoms with Crippen LogP contribution in [0.15, 0.2) is 36.5 Å². The van der Waals surface area contributed by atoms with Crippen molar-refractivity contribution in [1.82, 2.24) is 30.2 Å². The zero-order valence-electron chi connectivity index (χ0n) is 20.6. The lowest BCUT2D eigenvalue weighted by molar-refractivity contribution is -0.134. The minimum absolute atomic E-state index is 0.0570. The van der Waals surface area contributed by atoms with Gasteiger partial charge in [-0.1, -0.05) is 29.8 Å². The van der Waals surface area contributed by atoms with E-state index >= 15 is 0 Å². The fourth-order valence-electron chi connectivity index (χ4n) is 5.18. The van der Waals surface area contributed by atoms with Crippen LogP contribution in [-0.4, -0.2) is 70.0 Å². The highest BCUT2D eigenvalue weighted by Crippen LogP contribution is 2.38. The van der Waals surface area contributed by atoms with Gasteiger partial charge in [0.1, 0.15) is 5.69 Å². The van der Waals surface area contributed by atoms with Gasteiger partial charge in [-0.05, 0) is 31.7 Å². The molecule has 0 atom stereocenters. The lowest BCUT2D eigenvalue weighted by atomic mass is 9.73. The van der Waals surface area contributed by atoms with Crippen LogP contribution in [-0.2, 0) is 22.7 Å². The second-order valence-electron chi connectivity index (χ2n) is 9.54. The Morgan fingerprint density at radius 2 is 1.97 bits per heavy atom. The van der Waals surface area contributed by atoms with Gasteiger partial charge in [-0.25, -0.2) is 4.98 Å². The van der Waals surface area contributed by atoms with Crippen molar-refractivity contribution in [2.75, 3.05) is 33.4 Å². The van der Waals surface area contributed by atoms with E-state index in [2.05, 4.69) is 20.6 Å². The second kappa shape index (κ2) is 10.6. The van der Waals surface area contributed by atoms with E-state index in [-0.39, 0.29) is 11.8 Å². The highest BCUT2D eigenvalue weighted by molar-refractivity contribution is 6.06. The summed E-state index contributed by atoms with van der Waals surface area (Å²) in [5.41, 5.74) is 1.60. The number of aromatic nitrogens is 4. The molecule has 36 heavy (non-hydrogen) atoms. The first-order valence-electron chi connectivity index (χ1n) is 12.6. The van der Waals surface area contributed by atoms with E-state index in [1.807, 2.05) is 40.0 Å². The molecular formula is C26H32N6O4. The van der Waals surface area contributed by atoms with E-state index in [1.54, 1.807) is 13.2 Å². The summed E-state index contributed by atoms with van der Waals surface area (Å²) in [6.07, 6.45) is 5.75. The number of methoxy groups -OCH3 is 1. The quantitative estimate of drug-likeness (QED) is 0.585. The topological polar surface area (TPSA) is 111 Å². The molecule has 10 heteroatoms. The number of piperidine rings is 1. The van der Waals surface area contributed by atoms with Gasteiger partial charge in [0.05, 0.1) is 43.0 Å². The molecule has 1 fully saturated rings. The molecule has 2 aromatic heterocycles. The minimum Gasteiger partial charge on any atom is -0.481 e. The number of carbonyl (C=O) groups excluding carboxylic acids is 2. The van der Waals surface area contributed by atoms with E-state index in [0.717, 1.165) is 42.4 Å². The average molecular weight is 493 g/mol. The minimum atomic E-state index is -0.494. The molecule has 190 valence electrons. The SMILES string of the molecule is COc1cc(C(=O)N2CCC3(CCCCn4cc(nn4)COCCNC3=O)CC2)c2ccccc2n1. The van der Waals surface area contributed by atoms with Crippen molar-refractivity contribution in [3.05, 3.63) is 47.8 Å². The summed E-state index contributed by atoms with van der Waals surface area (Å²) in [5, 5.41) is 12.2. The molecule has 3 aromatic rings. The van der Waals surface area contributed by atoms with Crippen molar-refractivity contribution in [3.8, 4) is 5.88 Å². The van der Waals surface area contributed by atoms with E-state index in [4.69, 9.17) is 9.47 Å². The van der Waals surface area contributed by atoms with E-state index < -0.39 is 5.41 Å². The van der Waals surface area contributed by atoms with Crippen molar-refractivity contribution in [2.45, 2.75) is 45.3 Å². The second-order valence-corrected chi connectivity index (χ2v) is 9.54. The van der Waals surface area contributed by atoms with Crippen LogP contribution in [0.25, 0.3) is 10.9 Å². The van der Waals surface area contributed by atoms with Gasteiger partial charge in [-0.3, -0.25) is 14.3 Å². The Hall–Kier alpha value is -3.53. The first-order chi connectivity index (χ1) is 17.6. The summed E-state index contributed by atoms with van der Waals surface area (Å²) in [7, 11) is 1.55. The standard InChI is InChI=1S/C26H32N6O4/c1-35-23-16-21(20-6-2-3-7-22(20)28-23)24(33)31-13-9-26(10-14-31)8-4-5-12-32-17-19(29-30-32)18-36-15-11-27-25(26)34/h2-3,6-7,16-17H,4-5,8-15,18H2,1H3,(H,27,34). The molecule has 0 aliphatic carbocycles. The summed E-state index contributed by atoms with van der Waals surface area (Å²) in [5.74, 6) is 0.416. The molecule has 2 bridgehead atoms. The molecule has 1 N–H and O–H groups in total. The van der Waals surface area contributed by atoms with Crippen molar-refractivity contribution >= 4 is 22.7 Å². The van der Waals surface area contributed by atoms with Gasteiger partial charge in [0, 0.05) is 37.6 Å². The number of ether oxygens (including phenoxy) is 2. The van der Waals surface area contributed by atoms with Gasteiger partial charge < -0.3 is 19.7 Å². The number of carbonyl (C=O) groups is 2. The van der Waals surface area contributed by atoms with Gasteiger partial charge >= 0.3 is 0 Å². The van der Waals surface area contributed by atoms with Crippen molar-refractivity contribution in [2.24, 2.45) is 5.41 Å². The number of hydrogen-bond donors (Lipinski definition) is 1. The zero-order chi connectivity index (χ0) is 25.0. The summed E-state index contributed by atoms with van der Waals surface area (Å²) in [6, 6.07) is 9.29. The Morgan fingerprint density at radius 1 is 1.14 bits per heavy atom. The lowest BCUT2D eigenvalue weighted by Gasteiger charge is -2.41. The van der Waals surface area contributed by atoms with Crippen LogP contribution in [0.3, 0.4) is 0 Å². The molecular weight excluding hydrogens is 460 g/mol. The monoisotopic (exact) mass is 492 g/mol. The Morgan fingerprint density at radius 3 is 2.81 bits per heavy atom. The maximum atomic E-state index is 13.6. The van der Waals surface area contributed by atoms with Crippen molar-refractivity contribution < 1.29 is 19.1 Å². The summed E-state index contributed by atoms with van der Waals surface area (Å²) in [4.78, 5) is 33.2. The van der Waals surface area contributed by atoms with Crippen LogP contribution in [0.4, 0.5) is 0 Å². The number of aryl methyl sites for hydroxylation is 1. The molecule has 1 spiro atoms. The van der Waals surface area contributed by atoms with E-state index in [0.29, 0.717) is 57.1 Å². The molecule has 2 aliphatic rings. The van der Waals surface area contributed by atoms with Crippen LogP contribution in [0.1, 0.15) is 48.2 Å². The molecule has 2 aliphatic heterocycles. The number of para-hydroxylation sites is 1. The molecule has 10 nitrogen and oxygen atoms in total. The number of benzene rings is 1. The molecule has 2 amide bonds. The molecule has 0 saturated carbocycles. The van der Waals surface area contributed by atoms with Gasteiger partial charge in [0.25, 0.3) is 5.91 Å². The number of rotatable bonds is 2. The molecule has 0 unspecified atom stereocenters. The average Bonchev–Trinajstić information content (AvgIpc) is 3.37. The Balaban J connectivity index is 1.30. The highest BCUT2D eigenvalue weighted by atomic mass is 16.5. The van der Waals surface area contributed by atoms with Crippen LogP contribution in [0.5, 0.6) is 5.88 Å². The molecule has 0 radical (unpaired) electrons. The zero-order valence-corrected chi connectivity index (χ0v) is 20.6. The number of nitrogens with one attached hydrogen (secondary N) is 1. The van der Waals surface area contributed by atoms with E-state index in [9.17, 15) is 9.59 Å². The lowest BCUT2D eigenvalue weighted by Crippen LogP contribution is -2.50. The Kier molecular flexibility index (Phi) is 7.13. The summed E-state index contributed by atoms with van der Waals surface area (Å²) in [6.45, 7) is 3.04. The van der Waals surface area contributed by atoms with Gasteiger partial charge in [0.15, 0.2) is 0 Å². The van der Waals surface area contributed by atoms with Crippen molar-refractivity contribution in [3.63, 3.8) is 0 Å². The Bertz CT molecular complexity index is 1230. The number of pyridine rings is 1. The third kappa shape index (κ3) is 5.04. The predicted molar refractivity (Wildman–Crippen MR) is 132 cm³/mol. The number of hydrogen-bond acceptors (Lipinski definition) is 7. The number of fused-ring (bicyclic) bond motifs is 3. The van der Waals surface area contributed by atoms with Crippen LogP contribution < -0.4 is 10.1 Å². The summed E-state index contributed by atoms with van der Waals surface area (Å²) >= 11 is 0. The predicted octanol–water partition coefficient (Wildman–Crippen LogP) is 2.57. The Labute approximate surface area is 210 Å². The first-order valence-corrected chi connectivity index (χ1v) is 12.6. The van der Waals surface area contributed by atoms with Crippen LogP contribution >= 0.6 is 0 Å². The summed E-state index contributed by atoms with van der Waals surface area (Å²) < 4.78 is 12.8.